The van der Waals surface area contributed by atoms with E-state index in [1.165, 1.54) is 4.31 Å². The average Bonchev–Trinajstić information content (AvgIpc) is 2.88. The van der Waals surface area contributed by atoms with Gasteiger partial charge in [0.1, 0.15) is 0 Å². The van der Waals surface area contributed by atoms with Gasteiger partial charge in [-0.3, -0.25) is 13.9 Å². The van der Waals surface area contributed by atoms with Crippen molar-refractivity contribution in [3.05, 3.63) is 95.6 Å². The summed E-state index contributed by atoms with van der Waals surface area (Å²) < 4.78 is 31.5. The first-order chi connectivity index (χ1) is 16.8. The Balaban J connectivity index is 1.51. The second-order valence-corrected chi connectivity index (χ2v) is 10.1. The van der Waals surface area contributed by atoms with Crippen molar-refractivity contribution in [2.75, 3.05) is 42.2 Å². The van der Waals surface area contributed by atoms with E-state index < -0.39 is 15.9 Å². The predicted octanol–water partition coefficient (Wildman–Crippen LogP) is 3.38. The van der Waals surface area contributed by atoms with E-state index in [1.54, 1.807) is 53.4 Å². The summed E-state index contributed by atoms with van der Waals surface area (Å²) in [5, 5.41) is 2.82. The van der Waals surface area contributed by atoms with Gasteiger partial charge in [-0.1, -0.05) is 42.5 Å². The molecule has 3 aromatic carbocycles. The van der Waals surface area contributed by atoms with E-state index in [9.17, 15) is 18.0 Å². The van der Waals surface area contributed by atoms with Gasteiger partial charge in [0.15, 0.2) is 0 Å². The molecule has 0 aromatic heterocycles. The molecule has 1 N–H and O–H groups in total. The number of para-hydroxylation sites is 1. The lowest BCUT2D eigenvalue weighted by Gasteiger charge is -2.27. The summed E-state index contributed by atoms with van der Waals surface area (Å²) in [7, 11) is -3.54. The van der Waals surface area contributed by atoms with Crippen LogP contribution < -0.4 is 9.62 Å². The molecule has 1 saturated heterocycles. The number of amides is 2. The molecule has 182 valence electrons. The van der Waals surface area contributed by atoms with Gasteiger partial charge in [-0.15, -0.1) is 0 Å². The Kier molecular flexibility index (Phi) is 7.48. The number of nitrogens with one attached hydrogen (secondary N) is 1. The molecule has 1 aliphatic rings. The molecule has 0 unspecified atom stereocenters. The number of rotatable bonds is 7. The van der Waals surface area contributed by atoms with Crippen molar-refractivity contribution in [3.63, 3.8) is 0 Å². The number of sulfonamides is 1. The van der Waals surface area contributed by atoms with E-state index in [-0.39, 0.29) is 12.5 Å². The smallest absolute Gasteiger partial charge is 0.256 e. The molecular weight excluding hydrogens is 466 g/mol. The van der Waals surface area contributed by atoms with Crippen LogP contribution in [0.15, 0.2) is 78.9 Å². The normalized spacial score (nSPS) is 13.8. The maximum atomic E-state index is 13.0. The highest BCUT2D eigenvalue weighted by atomic mass is 32.2. The third-order valence-electron chi connectivity index (χ3n) is 5.69. The molecule has 3 aromatic rings. The number of hydrogen-bond acceptors (Lipinski definition) is 5. The number of nitrogens with zero attached hydrogens (tertiary/aromatic N) is 2. The van der Waals surface area contributed by atoms with Crippen LogP contribution >= 0.6 is 0 Å². The molecule has 4 rings (SSSR count). The number of anilines is 2. The van der Waals surface area contributed by atoms with E-state index in [0.717, 1.165) is 11.8 Å². The number of ether oxygens (including phenoxy) is 1. The topological polar surface area (TPSA) is 96.0 Å². The van der Waals surface area contributed by atoms with E-state index in [2.05, 4.69) is 5.32 Å². The Morgan fingerprint density at radius 3 is 2.20 bits per heavy atom. The minimum Gasteiger partial charge on any atom is -0.378 e. The Morgan fingerprint density at radius 1 is 0.914 bits per heavy atom. The summed E-state index contributed by atoms with van der Waals surface area (Å²) in [5.41, 5.74) is 2.47. The van der Waals surface area contributed by atoms with Gasteiger partial charge in [-0.2, -0.15) is 0 Å². The Labute approximate surface area is 205 Å². The molecule has 2 amide bonds. The van der Waals surface area contributed by atoms with Gasteiger partial charge in [0.05, 0.1) is 43.0 Å². The van der Waals surface area contributed by atoms with Crippen molar-refractivity contribution in [1.29, 1.82) is 0 Å². The molecule has 0 bridgehead atoms. The second-order valence-electron chi connectivity index (χ2n) is 8.21. The van der Waals surface area contributed by atoms with E-state index >= 15 is 0 Å². The van der Waals surface area contributed by atoms with Crippen molar-refractivity contribution >= 4 is 33.2 Å². The quantitative estimate of drug-likeness (QED) is 0.544. The maximum absolute atomic E-state index is 13.0. The first-order valence-corrected chi connectivity index (χ1v) is 13.1. The summed E-state index contributed by atoms with van der Waals surface area (Å²) in [6.07, 6.45) is 1.15. The number of benzene rings is 3. The molecule has 0 saturated carbocycles. The molecule has 0 radical (unpaired) electrons. The van der Waals surface area contributed by atoms with E-state index in [4.69, 9.17) is 4.74 Å². The van der Waals surface area contributed by atoms with Crippen LogP contribution in [0.25, 0.3) is 0 Å². The zero-order valence-electron chi connectivity index (χ0n) is 19.4. The summed E-state index contributed by atoms with van der Waals surface area (Å²) in [4.78, 5) is 27.6. The van der Waals surface area contributed by atoms with Crippen LogP contribution in [0.4, 0.5) is 11.4 Å². The third-order valence-corrected chi connectivity index (χ3v) is 6.83. The van der Waals surface area contributed by atoms with Crippen LogP contribution in [0.1, 0.15) is 26.3 Å². The van der Waals surface area contributed by atoms with Crippen LogP contribution in [0.3, 0.4) is 0 Å². The van der Waals surface area contributed by atoms with Crippen LogP contribution in [-0.4, -0.2) is 57.7 Å². The average molecular weight is 494 g/mol. The van der Waals surface area contributed by atoms with Gasteiger partial charge < -0.3 is 15.0 Å². The molecular formula is C26H27N3O5S. The molecule has 35 heavy (non-hydrogen) atoms. The fourth-order valence-electron chi connectivity index (χ4n) is 3.84. The number of hydrogen-bond donors (Lipinski definition) is 1. The lowest BCUT2D eigenvalue weighted by molar-refractivity contribution is 0.0303. The van der Waals surface area contributed by atoms with Crippen molar-refractivity contribution in [2.24, 2.45) is 0 Å². The fraction of sp³-hybridized carbons (Fsp3) is 0.231. The van der Waals surface area contributed by atoms with Crippen molar-refractivity contribution in [2.45, 2.75) is 6.54 Å². The van der Waals surface area contributed by atoms with Crippen LogP contribution in [-0.2, 0) is 21.3 Å². The van der Waals surface area contributed by atoms with Gasteiger partial charge >= 0.3 is 0 Å². The summed E-state index contributed by atoms with van der Waals surface area (Å²) in [6.45, 7) is 2.16. The van der Waals surface area contributed by atoms with E-state index in [0.29, 0.717) is 48.8 Å². The molecule has 8 nitrogen and oxygen atoms in total. The van der Waals surface area contributed by atoms with Gasteiger partial charge in [0, 0.05) is 18.7 Å². The minimum absolute atomic E-state index is 0.163. The van der Waals surface area contributed by atoms with E-state index in [1.807, 2.05) is 30.3 Å². The maximum Gasteiger partial charge on any atom is 0.256 e. The molecule has 0 spiro atoms. The Hall–Kier alpha value is -3.69. The zero-order valence-corrected chi connectivity index (χ0v) is 20.2. The zero-order chi connectivity index (χ0) is 24.8. The lowest BCUT2D eigenvalue weighted by atomic mass is 10.1. The number of carbonyl (C=O) groups excluding carboxylic acids is 2. The molecule has 1 heterocycles. The monoisotopic (exact) mass is 493 g/mol. The minimum atomic E-state index is -3.54. The van der Waals surface area contributed by atoms with Gasteiger partial charge in [-0.05, 0) is 42.0 Å². The number of carbonyl (C=O) groups is 2. The standard InChI is InChI=1S/C26H27N3O5S/c1-35(32,33)29(19-20-7-3-2-4-8-20)22-13-11-21(12-14-22)25(30)27-24-10-6-5-9-23(24)26(31)28-15-17-34-18-16-28/h2-14H,15-19H2,1H3,(H,27,30). The molecule has 9 heteroatoms. The van der Waals surface area contributed by atoms with Crippen LogP contribution in [0.5, 0.6) is 0 Å². The largest absolute Gasteiger partial charge is 0.378 e. The summed E-state index contributed by atoms with van der Waals surface area (Å²) >= 11 is 0. The fourth-order valence-corrected chi connectivity index (χ4v) is 4.73. The third kappa shape index (κ3) is 6.06. The van der Waals surface area contributed by atoms with Gasteiger partial charge in [0.2, 0.25) is 10.0 Å². The summed E-state index contributed by atoms with van der Waals surface area (Å²) in [6, 6.07) is 22.5. The Bertz CT molecular complexity index is 1290. The first-order valence-electron chi connectivity index (χ1n) is 11.2. The lowest BCUT2D eigenvalue weighted by Crippen LogP contribution is -2.41. The molecule has 1 fully saturated rings. The van der Waals surface area contributed by atoms with Crippen molar-refractivity contribution in [1.82, 2.24) is 4.90 Å². The van der Waals surface area contributed by atoms with Gasteiger partial charge in [0.25, 0.3) is 11.8 Å². The van der Waals surface area contributed by atoms with Crippen LogP contribution in [0, 0.1) is 0 Å². The SMILES string of the molecule is CS(=O)(=O)N(Cc1ccccc1)c1ccc(C(=O)Nc2ccccc2C(=O)N2CCOCC2)cc1. The highest BCUT2D eigenvalue weighted by Crippen LogP contribution is 2.23. The van der Waals surface area contributed by atoms with Crippen LogP contribution in [0.2, 0.25) is 0 Å². The first kappa shape index (κ1) is 24.4. The summed E-state index contributed by atoms with van der Waals surface area (Å²) in [5.74, 6) is -0.558. The predicted molar refractivity (Wildman–Crippen MR) is 135 cm³/mol. The number of morpholine rings is 1. The second kappa shape index (κ2) is 10.7. The van der Waals surface area contributed by atoms with Gasteiger partial charge in [-0.25, -0.2) is 8.42 Å². The highest BCUT2D eigenvalue weighted by molar-refractivity contribution is 7.92. The molecule has 1 aliphatic heterocycles. The highest BCUT2D eigenvalue weighted by Gasteiger charge is 2.22. The van der Waals surface area contributed by atoms with Crippen molar-refractivity contribution < 1.29 is 22.7 Å². The Morgan fingerprint density at radius 2 is 1.54 bits per heavy atom. The molecule has 0 aliphatic carbocycles. The van der Waals surface area contributed by atoms with Crippen molar-refractivity contribution in [3.8, 4) is 0 Å². The molecule has 0 atom stereocenters.